The first-order valence-corrected chi connectivity index (χ1v) is 8.03. The van der Waals surface area contributed by atoms with E-state index in [-0.39, 0.29) is 0 Å². The van der Waals surface area contributed by atoms with Gasteiger partial charge in [0, 0.05) is 61.5 Å². The molecule has 3 rings (SSSR count). The molecule has 2 atom stereocenters. The minimum atomic E-state index is 0.376. The average molecular weight is 379 g/mol. The van der Waals surface area contributed by atoms with Crippen LogP contribution in [0.1, 0.15) is 32.1 Å². The fourth-order valence-electron chi connectivity index (χ4n) is 2.93. The van der Waals surface area contributed by atoms with Gasteiger partial charge in [-0.05, 0) is 31.6 Å². The van der Waals surface area contributed by atoms with Crippen LogP contribution in [0.5, 0.6) is 0 Å². The van der Waals surface area contributed by atoms with Crippen molar-refractivity contribution in [3.8, 4) is 0 Å². The van der Waals surface area contributed by atoms with Gasteiger partial charge < -0.3 is 10.2 Å². The second kappa shape index (κ2) is 7.42. The Morgan fingerprint density at radius 3 is 2.58 bits per heavy atom. The molecule has 2 bridgehead atoms. The highest BCUT2D eigenvalue weighted by Crippen LogP contribution is 2.27. The lowest BCUT2D eigenvalue weighted by molar-refractivity contribution is -0.128. The van der Waals surface area contributed by atoms with Gasteiger partial charge >= 0.3 is 0 Å². The van der Waals surface area contributed by atoms with Crippen molar-refractivity contribution in [1.29, 1.82) is 0 Å². The minimum absolute atomic E-state index is 0.376. The minimum Gasteiger partial charge on any atom is -0.356 e. The van der Waals surface area contributed by atoms with Crippen LogP contribution in [0.15, 0.2) is 0 Å². The summed E-state index contributed by atoms with van der Waals surface area (Å²) >= 11 is 2.34. The molecule has 3 aliphatic heterocycles. The summed E-state index contributed by atoms with van der Waals surface area (Å²) in [5.74, 6) is 1.10. The molecule has 0 aromatic heterocycles. The smallest absolute Gasteiger partial charge is 0.222 e. The van der Waals surface area contributed by atoms with E-state index in [1.807, 2.05) is 4.90 Å². The van der Waals surface area contributed by atoms with E-state index in [9.17, 15) is 9.59 Å². The van der Waals surface area contributed by atoms with E-state index >= 15 is 0 Å². The highest BCUT2D eigenvalue weighted by molar-refractivity contribution is 14.1. The molecule has 1 N–H and O–H groups in total. The maximum absolute atomic E-state index is 10.8. The summed E-state index contributed by atoms with van der Waals surface area (Å²) in [7, 11) is 0. The number of hydrogen-bond donors (Lipinski definition) is 1. The van der Waals surface area contributed by atoms with Gasteiger partial charge in [-0.3, -0.25) is 9.59 Å². The first kappa shape index (κ1) is 15.0. The van der Waals surface area contributed by atoms with Gasteiger partial charge in [-0.1, -0.05) is 0 Å². The van der Waals surface area contributed by atoms with Crippen LogP contribution in [-0.4, -0.2) is 52.6 Å². The van der Waals surface area contributed by atoms with Gasteiger partial charge in [0.05, 0.1) is 0 Å². The van der Waals surface area contributed by atoms with Gasteiger partial charge in [0.2, 0.25) is 12.3 Å². The van der Waals surface area contributed by atoms with Crippen molar-refractivity contribution >= 4 is 35.2 Å². The fraction of sp³-hybridized carbons (Fsp3) is 0.846. The van der Waals surface area contributed by atoms with Gasteiger partial charge in [0.25, 0.3) is 0 Å². The Balaban J connectivity index is 0.000000146. The molecular weight excluding hydrogens is 357 g/mol. The third kappa shape index (κ3) is 4.59. The molecule has 6 heteroatoms. The zero-order chi connectivity index (χ0) is 13.7. The normalized spacial score (nSPS) is 30.6. The Bertz CT molecular complexity index is 327. The van der Waals surface area contributed by atoms with Gasteiger partial charge in [0.15, 0.2) is 0 Å². The molecule has 0 spiro atoms. The van der Waals surface area contributed by atoms with Gasteiger partial charge in [-0.2, -0.15) is 0 Å². The molecule has 0 aliphatic carbocycles. The molecule has 0 aromatic rings. The molecule has 0 aromatic carbocycles. The molecule has 0 saturated carbocycles. The van der Waals surface area contributed by atoms with Crippen molar-refractivity contribution in [2.75, 3.05) is 26.2 Å². The van der Waals surface area contributed by atoms with Crippen molar-refractivity contribution in [2.45, 2.75) is 38.1 Å². The van der Waals surface area contributed by atoms with Crippen LogP contribution < -0.4 is 5.32 Å². The van der Waals surface area contributed by atoms with E-state index in [1.165, 1.54) is 12.8 Å². The lowest BCUT2D eigenvalue weighted by Gasteiger charge is -2.12. The molecule has 3 saturated heterocycles. The number of rotatable bonds is 2. The van der Waals surface area contributed by atoms with Crippen LogP contribution in [0.3, 0.4) is 0 Å². The van der Waals surface area contributed by atoms with Gasteiger partial charge in [-0.25, -0.2) is 3.11 Å². The topological polar surface area (TPSA) is 52.7 Å². The number of nitrogens with zero attached hydrogens (tertiary/aromatic N) is 2. The highest BCUT2D eigenvalue weighted by atomic mass is 127. The SMILES string of the molecule is O=C1C[C@@H]2CCN1C2.O=CNC1CCCN(I)CC1. The van der Waals surface area contributed by atoms with Crippen molar-refractivity contribution in [3.63, 3.8) is 0 Å². The van der Waals surface area contributed by atoms with Crippen LogP contribution in [0.2, 0.25) is 0 Å². The number of fused-ring (bicyclic) bond motifs is 2. The zero-order valence-corrected chi connectivity index (χ0v) is 13.3. The number of piperidine rings is 1. The first-order valence-electron chi connectivity index (χ1n) is 7.07. The third-order valence-electron chi connectivity index (χ3n) is 4.08. The summed E-state index contributed by atoms with van der Waals surface area (Å²) in [6.45, 7) is 4.33. The van der Waals surface area contributed by atoms with Crippen LogP contribution in [0.4, 0.5) is 0 Å². The lowest BCUT2D eigenvalue weighted by atomic mass is 10.1. The van der Waals surface area contributed by atoms with E-state index in [2.05, 4.69) is 31.3 Å². The predicted octanol–water partition coefficient (Wildman–Crippen LogP) is 1.18. The molecule has 19 heavy (non-hydrogen) atoms. The molecule has 2 amide bonds. The lowest BCUT2D eigenvalue weighted by Crippen LogP contribution is -2.28. The summed E-state index contributed by atoms with van der Waals surface area (Å²) < 4.78 is 2.28. The Hall–Kier alpha value is -0.370. The van der Waals surface area contributed by atoms with Crippen LogP contribution >= 0.6 is 22.9 Å². The fourth-order valence-corrected chi connectivity index (χ4v) is 3.55. The van der Waals surface area contributed by atoms with Gasteiger partial charge in [0.1, 0.15) is 0 Å². The van der Waals surface area contributed by atoms with Crippen LogP contribution in [0, 0.1) is 5.92 Å². The Labute approximate surface area is 128 Å². The maximum atomic E-state index is 10.8. The largest absolute Gasteiger partial charge is 0.356 e. The predicted molar refractivity (Wildman–Crippen MR) is 81.7 cm³/mol. The first-order chi connectivity index (χ1) is 9.19. The van der Waals surface area contributed by atoms with Crippen LogP contribution in [0.25, 0.3) is 0 Å². The summed E-state index contributed by atoms with van der Waals surface area (Å²) in [5, 5.41) is 2.83. The molecule has 3 heterocycles. The average Bonchev–Trinajstić information content (AvgIpc) is 2.92. The molecule has 108 valence electrons. The van der Waals surface area contributed by atoms with Crippen molar-refractivity contribution in [3.05, 3.63) is 0 Å². The Morgan fingerprint density at radius 2 is 2.05 bits per heavy atom. The number of halogens is 1. The monoisotopic (exact) mass is 379 g/mol. The number of carbonyl (C=O) groups is 2. The molecule has 3 fully saturated rings. The molecule has 0 radical (unpaired) electrons. The number of nitrogens with one attached hydrogen (secondary N) is 1. The number of carbonyl (C=O) groups excluding carboxylic acids is 2. The summed E-state index contributed by atoms with van der Waals surface area (Å²) in [6.07, 6.45) is 6.30. The summed E-state index contributed by atoms with van der Waals surface area (Å²) in [4.78, 5) is 22.9. The summed E-state index contributed by atoms with van der Waals surface area (Å²) in [5.41, 5.74) is 0. The zero-order valence-electron chi connectivity index (χ0n) is 11.2. The van der Waals surface area contributed by atoms with Gasteiger partial charge in [-0.15, -0.1) is 0 Å². The molecule has 3 aliphatic rings. The van der Waals surface area contributed by atoms with E-state index < -0.39 is 0 Å². The highest BCUT2D eigenvalue weighted by Gasteiger charge is 2.34. The molecular formula is C13H22IN3O2. The van der Waals surface area contributed by atoms with Crippen molar-refractivity contribution in [1.82, 2.24) is 13.3 Å². The Kier molecular flexibility index (Phi) is 5.87. The van der Waals surface area contributed by atoms with Crippen LogP contribution in [-0.2, 0) is 9.59 Å². The third-order valence-corrected chi connectivity index (χ3v) is 5.04. The van der Waals surface area contributed by atoms with Crippen molar-refractivity contribution < 1.29 is 9.59 Å². The Morgan fingerprint density at radius 1 is 1.21 bits per heavy atom. The second-order valence-corrected chi connectivity index (χ2v) is 6.89. The molecule has 5 nitrogen and oxygen atoms in total. The maximum Gasteiger partial charge on any atom is 0.222 e. The number of amides is 2. The molecule has 1 unspecified atom stereocenters. The quantitative estimate of drug-likeness (QED) is 0.445. The van der Waals surface area contributed by atoms with E-state index in [4.69, 9.17) is 0 Å². The standard InChI is InChI=1S/C7H13IN2O.C6H9NO/c8-10-4-1-2-7(3-5-10)9-6-11;8-6-3-5-1-2-7(6)4-5/h6-7H,1-5H2,(H,9,11);5H,1-4H2/t;5-/m.0/s1. The van der Waals surface area contributed by atoms with E-state index in [1.54, 1.807) is 0 Å². The number of hydrogen-bond acceptors (Lipinski definition) is 3. The second-order valence-electron chi connectivity index (χ2n) is 5.52. The van der Waals surface area contributed by atoms with E-state index in [0.29, 0.717) is 11.9 Å². The van der Waals surface area contributed by atoms with Crippen molar-refractivity contribution in [2.24, 2.45) is 5.92 Å². The summed E-state index contributed by atoms with van der Waals surface area (Å²) in [6, 6.07) is 0.410. The van der Waals surface area contributed by atoms with E-state index in [0.717, 1.165) is 57.8 Å².